The van der Waals surface area contributed by atoms with E-state index >= 15 is 0 Å². The fourth-order valence-electron chi connectivity index (χ4n) is 5.64. The number of H-pyrrole nitrogens is 2. The number of carbonyl (C=O) groups excluding carboxylic acids is 2. The van der Waals surface area contributed by atoms with Crippen molar-refractivity contribution in [3.63, 3.8) is 0 Å². The van der Waals surface area contributed by atoms with E-state index in [1.807, 2.05) is 12.3 Å². The Bertz CT molecular complexity index is 1280. The Morgan fingerprint density at radius 1 is 1.21 bits per heavy atom. The number of amides is 2. The highest BCUT2D eigenvalue weighted by Crippen LogP contribution is 2.46. The minimum Gasteiger partial charge on any atom is -0.383 e. The standard InChI is InChI=1S/C25H29N5O4/c1-33-12-25(13-34-2)18-9-19-17(16-5-3-4-14-10-26-29-22(14)23(16)28-19)8-20(18)30(24(25)32)11-21(31)27-15-6-7-15/h8-10,15,28H,3-7,11-13H2,1-2H3,(H,26,29)(H,27,31). The summed E-state index contributed by atoms with van der Waals surface area (Å²) in [5.74, 6) is -0.297. The molecule has 1 aromatic carbocycles. The van der Waals surface area contributed by atoms with Gasteiger partial charge in [0, 0.05) is 36.9 Å². The van der Waals surface area contributed by atoms with Gasteiger partial charge in [0.25, 0.3) is 0 Å². The number of carbonyl (C=O) groups is 2. The van der Waals surface area contributed by atoms with Crippen LogP contribution in [-0.4, -0.2) is 67.0 Å². The van der Waals surface area contributed by atoms with Crippen LogP contribution in [0.3, 0.4) is 0 Å². The summed E-state index contributed by atoms with van der Waals surface area (Å²) in [6, 6.07) is 4.35. The number of nitrogens with one attached hydrogen (secondary N) is 3. The number of anilines is 1. The van der Waals surface area contributed by atoms with Crippen LogP contribution >= 0.6 is 0 Å². The van der Waals surface area contributed by atoms with Crippen molar-refractivity contribution in [3.05, 3.63) is 35.0 Å². The molecule has 0 radical (unpaired) electrons. The van der Waals surface area contributed by atoms with Crippen LogP contribution in [0.2, 0.25) is 0 Å². The number of fused-ring (bicyclic) bond motifs is 6. The fraction of sp³-hybridized carbons (Fsp3) is 0.480. The molecule has 178 valence electrons. The Kier molecular flexibility index (Phi) is 5.00. The molecule has 3 N–H and O–H groups in total. The molecule has 0 spiro atoms. The number of nitrogens with zero attached hydrogens (tertiary/aromatic N) is 2. The van der Waals surface area contributed by atoms with Crippen molar-refractivity contribution in [1.29, 1.82) is 0 Å². The van der Waals surface area contributed by atoms with Gasteiger partial charge in [-0.05, 0) is 60.9 Å². The van der Waals surface area contributed by atoms with E-state index in [1.54, 1.807) is 19.1 Å². The molecule has 9 heteroatoms. The molecule has 0 atom stereocenters. The molecule has 1 aliphatic heterocycles. The van der Waals surface area contributed by atoms with Gasteiger partial charge in [0.1, 0.15) is 12.0 Å². The van der Waals surface area contributed by atoms with Gasteiger partial charge in [0.15, 0.2) is 0 Å². The minimum atomic E-state index is -1.01. The van der Waals surface area contributed by atoms with Crippen LogP contribution in [0, 0.1) is 0 Å². The number of aryl methyl sites for hydroxylation is 2. The largest absolute Gasteiger partial charge is 0.383 e. The predicted molar refractivity (Wildman–Crippen MR) is 127 cm³/mol. The Morgan fingerprint density at radius 3 is 2.74 bits per heavy atom. The molecule has 1 saturated carbocycles. The first kappa shape index (κ1) is 21.4. The smallest absolute Gasteiger partial charge is 0.242 e. The van der Waals surface area contributed by atoms with E-state index in [2.05, 4.69) is 26.6 Å². The van der Waals surface area contributed by atoms with Crippen molar-refractivity contribution in [1.82, 2.24) is 20.5 Å². The maximum Gasteiger partial charge on any atom is 0.242 e. The molecule has 3 heterocycles. The first-order valence-corrected chi connectivity index (χ1v) is 11.9. The van der Waals surface area contributed by atoms with Gasteiger partial charge in [-0.15, -0.1) is 0 Å². The number of aromatic amines is 2. The monoisotopic (exact) mass is 463 g/mol. The van der Waals surface area contributed by atoms with Gasteiger partial charge in [-0.25, -0.2) is 0 Å². The molecule has 1 fully saturated rings. The quantitative estimate of drug-likeness (QED) is 0.497. The van der Waals surface area contributed by atoms with E-state index in [1.165, 1.54) is 11.1 Å². The molecular weight excluding hydrogens is 434 g/mol. The highest BCUT2D eigenvalue weighted by Gasteiger charge is 2.52. The molecule has 0 saturated heterocycles. The van der Waals surface area contributed by atoms with Gasteiger partial charge < -0.3 is 24.7 Å². The third-order valence-electron chi connectivity index (χ3n) is 7.35. The van der Waals surface area contributed by atoms with Crippen molar-refractivity contribution in [3.8, 4) is 11.4 Å². The third kappa shape index (κ3) is 3.18. The van der Waals surface area contributed by atoms with Crippen molar-refractivity contribution in [2.24, 2.45) is 0 Å². The lowest BCUT2D eigenvalue weighted by molar-refractivity contribution is -0.129. The maximum atomic E-state index is 13.8. The average Bonchev–Trinajstić information content (AvgIpc) is 3.38. The number of ether oxygens (including phenoxy) is 2. The predicted octanol–water partition coefficient (Wildman–Crippen LogP) is 2.20. The van der Waals surface area contributed by atoms with E-state index < -0.39 is 5.41 Å². The maximum absolute atomic E-state index is 13.8. The van der Waals surface area contributed by atoms with E-state index in [0.717, 1.165) is 65.6 Å². The average molecular weight is 464 g/mol. The van der Waals surface area contributed by atoms with Crippen molar-refractivity contribution in [2.75, 3.05) is 38.9 Å². The molecule has 2 aromatic heterocycles. The zero-order chi connectivity index (χ0) is 23.4. The topological polar surface area (TPSA) is 112 Å². The number of benzene rings is 1. The molecule has 0 bridgehead atoms. The summed E-state index contributed by atoms with van der Waals surface area (Å²) in [6.45, 7) is 0.328. The molecule has 2 aliphatic carbocycles. The summed E-state index contributed by atoms with van der Waals surface area (Å²) in [6.07, 6.45) is 6.81. The van der Waals surface area contributed by atoms with Crippen LogP contribution in [0.5, 0.6) is 0 Å². The van der Waals surface area contributed by atoms with Crippen LogP contribution in [-0.2, 0) is 37.3 Å². The molecule has 2 amide bonds. The third-order valence-corrected chi connectivity index (χ3v) is 7.35. The highest BCUT2D eigenvalue weighted by atomic mass is 16.5. The molecule has 0 unspecified atom stereocenters. The van der Waals surface area contributed by atoms with E-state index in [4.69, 9.17) is 9.47 Å². The number of rotatable bonds is 7. The van der Waals surface area contributed by atoms with E-state index in [0.29, 0.717) is 0 Å². The minimum absolute atomic E-state index is 0.0136. The Labute approximate surface area is 197 Å². The molecular formula is C25H29N5O4. The Hall–Kier alpha value is -3.17. The van der Waals surface area contributed by atoms with Crippen LogP contribution in [0.1, 0.15) is 36.0 Å². The van der Waals surface area contributed by atoms with Gasteiger partial charge in [0.05, 0.1) is 30.8 Å². The van der Waals surface area contributed by atoms with Crippen LogP contribution in [0.4, 0.5) is 5.69 Å². The molecule has 9 nitrogen and oxygen atoms in total. The summed E-state index contributed by atoms with van der Waals surface area (Å²) in [7, 11) is 3.17. The summed E-state index contributed by atoms with van der Waals surface area (Å²) in [5.41, 5.74) is 6.04. The lowest BCUT2D eigenvalue weighted by Gasteiger charge is -2.27. The zero-order valence-electron chi connectivity index (χ0n) is 19.5. The van der Waals surface area contributed by atoms with E-state index in [9.17, 15) is 9.59 Å². The normalized spacial score (nSPS) is 18.5. The van der Waals surface area contributed by atoms with Gasteiger partial charge in [-0.2, -0.15) is 5.10 Å². The lowest BCUT2D eigenvalue weighted by atomic mass is 9.82. The lowest BCUT2D eigenvalue weighted by Crippen LogP contribution is -2.49. The Balaban J connectivity index is 1.51. The van der Waals surface area contributed by atoms with Crippen LogP contribution in [0.15, 0.2) is 18.3 Å². The van der Waals surface area contributed by atoms with Crippen molar-refractivity contribution >= 4 is 28.4 Å². The van der Waals surface area contributed by atoms with Crippen LogP contribution in [0.25, 0.3) is 22.3 Å². The number of aromatic nitrogens is 3. The summed E-state index contributed by atoms with van der Waals surface area (Å²) < 4.78 is 11.1. The summed E-state index contributed by atoms with van der Waals surface area (Å²) in [5, 5.41) is 11.5. The number of hydrogen-bond donors (Lipinski definition) is 3. The molecule has 3 aliphatic rings. The number of hydrogen-bond acceptors (Lipinski definition) is 5. The fourth-order valence-corrected chi connectivity index (χ4v) is 5.64. The summed E-state index contributed by atoms with van der Waals surface area (Å²) >= 11 is 0. The van der Waals surface area contributed by atoms with Crippen LogP contribution < -0.4 is 10.2 Å². The second kappa shape index (κ2) is 7.95. The second-order valence-electron chi connectivity index (χ2n) is 9.70. The van der Waals surface area contributed by atoms with E-state index in [-0.39, 0.29) is 37.6 Å². The number of methoxy groups -OCH3 is 2. The second-order valence-corrected chi connectivity index (χ2v) is 9.70. The molecule has 34 heavy (non-hydrogen) atoms. The molecule has 3 aromatic rings. The first-order chi connectivity index (χ1) is 16.6. The van der Waals surface area contributed by atoms with Gasteiger partial charge in [-0.1, -0.05) is 0 Å². The van der Waals surface area contributed by atoms with Gasteiger partial charge in [0.2, 0.25) is 11.8 Å². The van der Waals surface area contributed by atoms with Gasteiger partial charge >= 0.3 is 0 Å². The van der Waals surface area contributed by atoms with Crippen molar-refractivity contribution in [2.45, 2.75) is 43.6 Å². The Morgan fingerprint density at radius 2 is 2.00 bits per heavy atom. The van der Waals surface area contributed by atoms with Crippen molar-refractivity contribution < 1.29 is 19.1 Å². The molecule has 6 rings (SSSR count). The zero-order valence-corrected chi connectivity index (χ0v) is 19.5. The SMILES string of the molecule is COCC1(COC)C(=O)N(CC(=O)NC2CC2)c2cc3c4c([nH]c3cc21)-c1[nH]ncc1CCC4. The highest BCUT2D eigenvalue weighted by molar-refractivity contribution is 6.13. The first-order valence-electron chi connectivity index (χ1n) is 11.9. The van der Waals surface area contributed by atoms with Gasteiger partial charge in [-0.3, -0.25) is 14.7 Å². The summed E-state index contributed by atoms with van der Waals surface area (Å²) in [4.78, 5) is 31.8.